The van der Waals surface area contributed by atoms with Crippen LogP contribution < -0.4 is 5.32 Å². The molecule has 2 atom stereocenters. The first-order chi connectivity index (χ1) is 6.77. The summed E-state index contributed by atoms with van der Waals surface area (Å²) in [6.07, 6.45) is 3.43. The minimum absolute atomic E-state index is 0.0825. The van der Waals surface area contributed by atoms with Gasteiger partial charge in [0, 0.05) is 18.1 Å². The summed E-state index contributed by atoms with van der Waals surface area (Å²) in [5.74, 6) is -0.170. The van der Waals surface area contributed by atoms with Crippen molar-refractivity contribution < 1.29 is 9.90 Å². The van der Waals surface area contributed by atoms with Gasteiger partial charge in [0.05, 0.1) is 5.37 Å². The molecule has 5 heteroatoms. The normalized spacial score (nSPS) is 26.3. The molecule has 0 amide bonds. The smallest absolute Gasteiger partial charge is 0.321 e. The summed E-state index contributed by atoms with van der Waals surface area (Å²) in [7, 11) is 0. The Morgan fingerprint density at radius 3 is 2.86 bits per heavy atom. The Balaban J connectivity index is 2.06. The van der Waals surface area contributed by atoms with Gasteiger partial charge >= 0.3 is 5.97 Å². The molecule has 4 nitrogen and oxygen atoms in total. The van der Waals surface area contributed by atoms with Crippen LogP contribution in [0, 0.1) is 0 Å². The zero-order valence-electron chi connectivity index (χ0n) is 7.38. The number of carboxylic acids is 1. The Bertz CT molecular complexity index is 331. The summed E-state index contributed by atoms with van der Waals surface area (Å²) >= 11 is 1.61. The number of rotatable bonds is 2. The van der Waals surface area contributed by atoms with E-state index >= 15 is 0 Å². The third-order valence-electron chi connectivity index (χ3n) is 2.09. The molecule has 1 aromatic heterocycles. The molecule has 14 heavy (non-hydrogen) atoms. The first-order valence-corrected chi connectivity index (χ1v) is 5.32. The van der Waals surface area contributed by atoms with E-state index in [9.17, 15) is 4.79 Å². The van der Waals surface area contributed by atoms with Crippen LogP contribution in [0.3, 0.4) is 0 Å². The highest BCUT2D eigenvalue weighted by Gasteiger charge is 2.29. The minimum Gasteiger partial charge on any atom is -0.480 e. The highest BCUT2D eigenvalue weighted by atomic mass is 32.2. The van der Waals surface area contributed by atoms with Gasteiger partial charge in [-0.15, -0.1) is 11.8 Å². The molecule has 0 radical (unpaired) electrons. The van der Waals surface area contributed by atoms with Crippen LogP contribution in [0.2, 0.25) is 0 Å². The molecular formula is C9H10N2O2S. The van der Waals surface area contributed by atoms with Gasteiger partial charge in [0.15, 0.2) is 0 Å². The van der Waals surface area contributed by atoms with Gasteiger partial charge < -0.3 is 5.11 Å². The number of hydrogen-bond acceptors (Lipinski definition) is 4. The SMILES string of the molecule is O=C(O)[C@@H]1CS[C@@H](c2ccncc2)N1. The molecule has 1 aromatic rings. The van der Waals surface area contributed by atoms with E-state index in [0.29, 0.717) is 5.75 Å². The monoisotopic (exact) mass is 210 g/mol. The summed E-state index contributed by atoms with van der Waals surface area (Å²) in [6, 6.07) is 3.36. The Morgan fingerprint density at radius 2 is 2.29 bits per heavy atom. The second-order valence-corrected chi connectivity index (χ2v) is 4.19. The third-order valence-corrected chi connectivity index (χ3v) is 3.36. The van der Waals surface area contributed by atoms with E-state index < -0.39 is 12.0 Å². The first-order valence-electron chi connectivity index (χ1n) is 4.28. The van der Waals surface area contributed by atoms with Crippen LogP contribution in [0.5, 0.6) is 0 Å². The van der Waals surface area contributed by atoms with Crippen LogP contribution in [-0.2, 0) is 4.79 Å². The largest absolute Gasteiger partial charge is 0.480 e. The minimum atomic E-state index is -0.783. The lowest BCUT2D eigenvalue weighted by atomic mass is 10.2. The third kappa shape index (κ3) is 1.88. The molecule has 2 N–H and O–H groups in total. The van der Waals surface area contributed by atoms with Crippen LogP contribution in [0.25, 0.3) is 0 Å². The van der Waals surface area contributed by atoms with E-state index in [4.69, 9.17) is 5.11 Å². The van der Waals surface area contributed by atoms with Crippen molar-refractivity contribution in [3.05, 3.63) is 30.1 Å². The number of nitrogens with one attached hydrogen (secondary N) is 1. The van der Waals surface area contributed by atoms with E-state index in [2.05, 4.69) is 10.3 Å². The van der Waals surface area contributed by atoms with E-state index in [1.165, 1.54) is 0 Å². The number of carboxylic acid groups (broad SMARTS) is 1. The summed E-state index contributed by atoms with van der Waals surface area (Å²) in [4.78, 5) is 14.6. The van der Waals surface area contributed by atoms with Crippen molar-refractivity contribution in [2.75, 3.05) is 5.75 Å². The lowest BCUT2D eigenvalue weighted by Gasteiger charge is -2.10. The van der Waals surface area contributed by atoms with E-state index in [1.807, 2.05) is 12.1 Å². The van der Waals surface area contributed by atoms with Gasteiger partial charge in [0.1, 0.15) is 6.04 Å². The molecule has 74 valence electrons. The number of aromatic nitrogens is 1. The van der Waals surface area contributed by atoms with Crippen molar-refractivity contribution in [2.45, 2.75) is 11.4 Å². The highest BCUT2D eigenvalue weighted by molar-refractivity contribution is 7.99. The van der Waals surface area contributed by atoms with Gasteiger partial charge in [-0.3, -0.25) is 15.1 Å². The number of carbonyl (C=O) groups is 1. The Kier molecular flexibility index (Phi) is 2.69. The summed E-state index contributed by atoms with van der Waals surface area (Å²) in [5.41, 5.74) is 1.08. The fourth-order valence-electron chi connectivity index (χ4n) is 1.34. The Morgan fingerprint density at radius 1 is 1.57 bits per heavy atom. The maximum Gasteiger partial charge on any atom is 0.321 e. The topological polar surface area (TPSA) is 62.2 Å². The molecule has 0 aromatic carbocycles. The van der Waals surface area contributed by atoms with Crippen molar-refractivity contribution in [1.29, 1.82) is 0 Å². The molecule has 1 fully saturated rings. The molecule has 2 heterocycles. The van der Waals surface area contributed by atoms with E-state index in [0.717, 1.165) is 5.56 Å². The standard InChI is InChI=1S/C9H10N2O2S/c12-9(13)7-5-14-8(11-7)6-1-3-10-4-2-6/h1-4,7-8,11H,5H2,(H,12,13)/t7-,8-/m0/s1. The van der Waals surface area contributed by atoms with Gasteiger partial charge in [0.2, 0.25) is 0 Å². The fourth-order valence-corrected chi connectivity index (χ4v) is 2.58. The molecule has 0 saturated carbocycles. The number of pyridine rings is 1. The van der Waals surface area contributed by atoms with Gasteiger partial charge in [-0.1, -0.05) is 0 Å². The lowest BCUT2D eigenvalue weighted by molar-refractivity contribution is -0.138. The predicted octanol–water partition coefficient (Wildman–Crippen LogP) is 0.870. The van der Waals surface area contributed by atoms with Gasteiger partial charge in [-0.2, -0.15) is 0 Å². The predicted molar refractivity (Wildman–Crippen MR) is 54.0 cm³/mol. The number of aliphatic carboxylic acids is 1. The van der Waals surface area contributed by atoms with Crippen LogP contribution in [0.1, 0.15) is 10.9 Å². The number of nitrogens with zero attached hydrogens (tertiary/aromatic N) is 1. The van der Waals surface area contributed by atoms with Crippen molar-refractivity contribution in [2.24, 2.45) is 0 Å². The van der Waals surface area contributed by atoms with Gasteiger partial charge in [-0.25, -0.2) is 0 Å². The molecule has 0 bridgehead atoms. The maximum absolute atomic E-state index is 10.7. The average Bonchev–Trinajstić information content (AvgIpc) is 2.68. The van der Waals surface area contributed by atoms with Crippen LogP contribution in [-0.4, -0.2) is 27.9 Å². The number of thioether (sulfide) groups is 1. The summed E-state index contributed by atoms with van der Waals surface area (Å²) < 4.78 is 0. The second kappa shape index (κ2) is 3.98. The fraction of sp³-hybridized carbons (Fsp3) is 0.333. The van der Waals surface area contributed by atoms with Crippen LogP contribution >= 0.6 is 11.8 Å². The Labute approximate surface area is 85.7 Å². The second-order valence-electron chi connectivity index (χ2n) is 3.05. The van der Waals surface area contributed by atoms with E-state index in [1.54, 1.807) is 24.2 Å². The molecule has 1 aliphatic heterocycles. The van der Waals surface area contributed by atoms with Gasteiger partial charge in [-0.05, 0) is 17.7 Å². The molecule has 1 aliphatic rings. The number of hydrogen-bond donors (Lipinski definition) is 2. The van der Waals surface area contributed by atoms with Crippen molar-refractivity contribution in [3.63, 3.8) is 0 Å². The highest BCUT2D eigenvalue weighted by Crippen LogP contribution is 2.32. The van der Waals surface area contributed by atoms with Crippen molar-refractivity contribution in [1.82, 2.24) is 10.3 Å². The molecule has 0 aliphatic carbocycles. The van der Waals surface area contributed by atoms with Crippen LogP contribution in [0.4, 0.5) is 0 Å². The molecule has 1 saturated heterocycles. The lowest BCUT2D eigenvalue weighted by Crippen LogP contribution is -2.33. The van der Waals surface area contributed by atoms with Gasteiger partial charge in [0.25, 0.3) is 0 Å². The summed E-state index contributed by atoms with van der Waals surface area (Å²) in [5, 5.41) is 11.9. The van der Waals surface area contributed by atoms with Crippen molar-refractivity contribution >= 4 is 17.7 Å². The zero-order chi connectivity index (χ0) is 9.97. The molecule has 0 spiro atoms. The average molecular weight is 210 g/mol. The van der Waals surface area contributed by atoms with E-state index in [-0.39, 0.29) is 5.37 Å². The molecule has 0 unspecified atom stereocenters. The molecular weight excluding hydrogens is 200 g/mol. The van der Waals surface area contributed by atoms with Crippen molar-refractivity contribution in [3.8, 4) is 0 Å². The van der Waals surface area contributed by atoms with Crippen LogP contribution in [0.15, 0.2) is 24.5 Å². The zero-order valence-corrected chi connectivity index (χ0v) is 8.20. The quantitative estimate of drug-likeness (QED) is 0.758. The Hall–Kier alpha value is -1.07. The molecule has 2 rings (SSSR count). The first kappa shape index (κ1) is 9.48. The summed E-state index contributed by atoms with van der Waals surface area (Å²) in [6.45, 7) is 0. The maximum atomic E-state index is 10.7.